The first-order valence-corrected chi connectivity index (χ1v) is 7.53. The number of hydrogen-bond donors (Lipinski definition) is 2. The zero-order valence-corrected chi connectivity index (χ0v) is 11.9. The molecule has 5 nitrogen and oxygen atoms in total. The molecule has 3 rings (SSSR count). The summed E-state index contributed by atoms with van der Waals surface area (Å²) in [6, 6.07) is 3.65. The quantitative estimate of drug-likeness (QED) is 0.723. The Morgan fingerprint density at radius 3 is 2.62 bits per heavy atom. The second-order valence-electron chi connectivity index (χ2n) is 4.05. The second kappa shape index (κ2) is 5.41. The molecule has 3 aromatic rings. The van der Waals surface area contributed by atoms with Gasteiger partial charge in [0.1, 0.15) is 16.3 Å². The zero-order chi connectivity index (χ0) is 15.0. The molecule has 0 amide bonds. The summed E-state index contributed by atoms with van der Waals surface area (Å²) in [4.78, 5) is 31.3. The molecule has 0 bridgehead atoms. The van der Waals surface area contributed by atoms with Crippen molar-refractivity contribution < 1.29 is 8.78 Å². The van der Waals surface area contributed by atoms with Gasteiger partial charge in [0.25, 0.3) is 5.56 Å². The Labute approximate surface area is 124 Å². The first kappa shape index (κ1) is 14.0. The van der Waals surface area contributed by atoms with Gasteiger partial charge in [-0.2, -0.15) is 0 Å². The molecule has 1 aromatic carbocycles. The van der Waals surface area contributed by atoms with Gasteiger partial charge in [0.05, 0.1) is 0 Å². The summed E-state index contributed by atoms with van der Waals surface area (Å²) in [5.74, 6) is -1.22. The highest BCUT2D eigenvalue weighted by Crippen LogP contribution is 2.30. The molecule has 0 unspecified atom stereocenters. The topological polar surface area (TPSA) is 78.6 Å². The third-order valence-corrected chi connectivity index (χ3v) is 4.90. The Kier molecular flexibility index (Phi) is 3.60. The van der Waals surface area contributed by atoms with Crippen molar-refractivity contribution >= 4 is 33.4 Å². The van der Waals surface area contributed by atoms with E-state index in [4.69, 9.17) is 0 Å². The van der Waals surface area contributed by atoms with Crippen LogP contribution >= 0.6 is 23.1 Å². The van der Waals surface area contributed by atoms with Crippen LogP contribution < -0.4 is 11.2 Å². The van der Waals surface area contributed by atoms with Crippen molar-refractivity contribution in [2.75, 3.05) is 0 Å². The summed E-state index contributed by atoms with van der Waals surface area (Å²) >= 11 is 2.15. The normalized spacial score (nSPS) is 11.1. The van der Waals surface area contributed by atoms with Crippen LogP contribution in [0.1, 0.15) is 5.56 Å². The van der Waals surface area contributed by atoms with Gasteiger partial charge < -0.3 is 0 Å². The maximum absolute atomic E-state index is 13.5. The fourth-order valence-electron chi connectivity index (χ4n) is 1.70. The molecular formula is C12H7F2N3O2S2. The number of halogens is 2. The molecule has 0 saturated heterocycles. The van der Waals surface area contributed by atoms with Crippen LogP contribution in [0.15, 0.2) is 32.1 Å². The molecular weight excluding hydrogens is 320 g/mol. The summed E-state index contributed by atoms with van der Waals surface area (Å²) in [6.45, 7) is 0. The molecule has 0 atom stereocenters. The van der Waals surface area contributed by atoms with Crippen molar-refractivity contribution in [3.63, 3.8) is 0 Å². The molecule has 0 aliphatic carbocycles. The number of fused-ring (bicyclic) bond motifs is 1. The predicted molar refractivity (Wildman–Crippen MR) is 76.8 cm³/mol. The fraction of sp³-hybridized carbons (Fsp3) is 0.0833. The average molecular weight is 327 g/mol. The molecule has 21 heavy (non-hydrogen) atoms. The van der Waals surface area contributed by atoms with Gasteiger partial charge in [0.2, 0.25) is 0 Å². The Hall–Kier alpha value is -2.00. The minimum atomic E-state index is -0.644. The number of thiazole rings is 1. The number of nitrogens with one attached hydrogen (secondary N) is 2. The molecule has 0 aliphatic rings. The predicted octanol–water partition coefficient (Wildman–Crippen LogP) is 2.24. The van der Waals surface area contributed by atoms with Gasteiger partial charge in [-0.1, -0.05) is 17.8 Å². The lowest BCUT2D eigenvalue weighted by atomic mass is 10.2. The number of aromatic amines is 2. The van der Waals surface area contributed by atoms with Crippen molar-refractivity contribution in [2.45, 2.75) is 10.1 Å². The molecule has 2 aromatic heterocycles. The van der Waals surface area contributed by atoms with Gasteiger partial charge in [0, 0.05) is 11.3 Å². The highest BCUT2D eigenvalue weighted by Gasteiger charge is 2.12. The van der Waals surface area contributed by atoms with E-state index in [2.05, 4.69) is 15.0 Å². The smallest absolute Gasteiger partial charge is 0.291 e. The lowest BCUT2D eigenvalue weighted by molar-refractivity contribution is 0.566. The van der Waals surface area contributed by atoms with Crippen LogP contribution in [0.3, 0.4) is 0 Å². The molecule has 0 spiro atoms. The minimum Gasteiger partial charge on any atom is -0.291 e. The summed E-state index contributed by atoms with van der Waals surface area (Å²) in [7, 11) is 0. The van der Waals surface area contributed by atoms with Crippen LogP contribution in [-0.2, 0) is 5.75 Å². The Balaban J connectivity index is 1.91. The highest BCUT2D eigenvalue weighted by molar-refractivity contribution is 8.00. The summed E-state index contributed by atoms with van der Waals surface area (Å²) in [5.41, 5.74) is -1.06. The van der Waals surface area contributed by atoms with Gasteiger partial charge in [-0.05, 0) is 12.1 Å². The van der Waals surface area contributed by atoms with E-state index in [-0.39, 0.29) is 21.7 Å². The van der Waals surface area contributed by atoms with Crippen LogP contribution in [0.2, 0.25) is 0 Å². The van der Waals surface area contributed by atoms with E-state index in [9.17, 15) is 18.4 Å². The molecule has 0 fully saturated rings. The van der Waals surface area contributed by atoms with Gasteiger partial charge >= 0.3 is 5.69 Å². The molecule has 9 heteroatoms. The number of hydrogen-bond acceptors (Lipinski definition) is 5. The van der Waals surface area contributed by atoms with Crippen LogP contribution in [0.4, 0.5) is 8.78 Å². The largest absolute Gasteiger partial charge is 0.327 e. The number of thioether (sulfide) groups is 1. The lowest BCUT2D eigenvalue weighted by Gasteiger charge is -2.02. The molecule has 0 saturated carbocycles. The molecule has 108 valence electrons. The molecule has 0 radical (unpaired) electrons. The molecule has 2 N–H and O–H groups in total. The van der Waals surface area contributed by atoms with Crippen molar-refractivity contribution in [1.82, 2.24) is 15.0 Å². The number of aromatic nitrogens is 3. The number of rotatable bonds is 3. The van der Waals surface area contributed by atoms with Crippen LogP contribution in [0, 0.1) is 11.6 Å². The monoisotopic (exact) mass is 327 g/mol. The minimum absolute atomic E-state index is 0.0421. The van der Waals surface area contributed by atoms with Crippen molar-refractivity contribution in [3.05, 3.63) is 56.2 Å². The van der Waals surface area contributed by atoms with E-state index in [1.165, 1.54) is 18.2 Å². The van der Waals surface area contributed by atoms with E-state index in [0.717, 1.165) is 23.1 Å². The van der Waals surface area contributed by atoms with Crippen molar-refractivity contribution in [1.29, 1.82) is 0 Å². The number of H-pyrrole nitrogens is 2. The fourth-order valence-corrected chi connectivity index (χ4v) is 3.71. The SMILES string of the molecule is O=c1[nH]c(=O)c2sc(SCc3c(F)cccc3F)nc2[nH]1. The van der Waals surface area contributed by atoms with Gasteiger partial charge in [0.15, 0.2) is 9.99 Å². The maximum atomic E-state index is 13.5. The van der Waals surface area contributed by atoms with Crippen molar-refractivity contribution in [2.24, 2.45) is 0 Å². The average Bonchev–Trinajstić information content (AvgIpc) is 2.81. The zero-order valence-electron chi connectivity index (χ0n) is 10.3. The van der Waals surface area contributed by atoms with E-state index in [1.54, 1.807) is 0 Å². The first-order valence-electron chi connectivity index (χ1n) is 5.73. The van der Waals surface area contributed by atoms with Gasteiger partial charge in [-0.25, -0.2) is 18.6 Å². The third-order valence-electron chi connectivity index (χ3n) is 2.67. The highest BCUT2D eigenvalue weighted by atomic mass is 32.2. The van der Waals surface area contributed by atoms with Crippen LogP contribution in [0.5, 0.6) is 0 Å². The van der Waals surface area contributed by atoms with Crippen LogP contribution in [0.25, 0.3) is 10.3 Å². The Morgan fingerprint density at radius 2 is 1.90 bits per heavy atom. The summed E-state index contributed by atoms with van der Waals surface area (Å²) in [5, 5.41) is 0. The first-order chi connectivity index (χ1) is 10.0. The van der Waals surface area contributed by atoms with Crippen molar-refractivity contribution in [3.8, 4) is 0 Å². The lowest BCUT2D eigenvalue weighted by Crippen LogP contribution is -2.20. The maximum Gasteiger partial charge on any atom is 0.327 e. The number of nitrogens with zero attached hydrogens (tertiary/aromatic N) is 1. The van der Waals surface area contributed by atoms with E-state index < -0.39 is 22.9 Å². The Bertz CT molecular complexity index is 912. The van der Waals surface area contributed by atoms with Crippen LogP contribution in [-0.4, -0.2) is 15.0 Å². The van der Waals surface area contributed by atoms with Gasteiger partial charge in [-0.15, -0.1) is 11.3 Å². The second-order valence-corrected chi connectivity index (χ2v) is 6.28. The van der Waals surface area contributed by atoms with E-state index in [1.807, 2.05) is 0 Å². The molecule has 0 aliphatic heterocycles. The third kappa shape index (κ3) is 2.74. The van der Waals surface area contributed by atoms with Gasteiger partial charge in [-0.3, -0.25) is 14.8 Å². The van der Waals surface area contributed by atoms with E-state index in [0.29, 0.717) is 4.34 Å². The number of benzene rings is 1. The summed E-state index contributed by atoms with van der Waals surface area (Å²) < 4.78 is 27.7. The summed E-state index contributed by atoms with van der Waals surface area (Å²) in [6.07, 6.45) is 0. The van der Waals surface area contributed by atoms with E-state index >= 15 is 0 Å². The Morgan fingerprint density at radius 1 is 1.19 bits per heavy atom. The standard InChI is InChI=1S/C12H7F2N3O2S2/c13-6-2-1-3-7(14)5(6)4-20-12-16-9-8(21-12)10(18)17-11(19)15-9/h1-3H,4H2,(H2,15,17,18,19). The molecule has 2 heterocycles.